The molecule has 1 fully saturated rings. The van der Waals surface area contributed by atoms with Crippen LogP contribution in [0.25, 0.3) is 11.3 Å². The second-order valence-corrected chi connectivity index (χ2v) is 14.5. The largest absolute Gasteiger partial charge is 0.462 e. The number of rotatable bonds is 8. The van der Waals surface area contributed by atoms with Crippen LogP contribution in [0.5, 0.6) is 0 Å². The third-order valence-electron chi connectivity index (χ3n) is 7.53. The number of carbonyl (C=O) groups is 1. The van der Waals surface area contributed by atoms with E-state index in [0.29, 0.717) is 5.92 Å². The van der Waals surface area contributed by atoms with Gasteiger partial charge in [-0.25, -0.2) is 9.52 Å². The summed E-state index contributed by atoms with van der Waals surface area (Å²) in [6, 6.07) is 8.55. The normalized spacial score (nSPS) is 15.7. The van der Waals surface area contributed by atoms with E-state index in [-0.39, 0.29) is 28.9 Å². The minimum absolute atomic E-state index is 0.0474. The highest BCUT2D eigenvalue weighted by Crippen LogP contribution is 2.37. The predicted octanol–water partition coefficient (Wildman–Crippen LogP) is 5.45. The SMILES string of the molecule is CCOC(=O)C[NH2+]S(=O)(=O)c1cc(-c2cc(C(C)(C)C)cc(C(C)(C)C)c2)n(CC2CCCCC2)c1C. The summed E-state index contributed by atoms with van der Waals surface area (Å²) >= 11 is 0. The molecule has 3 rings (SSSR count). The topological polar surface area (TPSA) is 82.0 Å². The first kappa shape index (κ1) is 29.4. The molecule has 1 heterocycles. The lowest BCUT2D eigenvalue weighted by molar-refractivity contribution is -0.486. The van der Waals surface area contributed by atoms with E-state index in [4.69, 9.17) is 4.74 Å². The van der Waals surface area contributed by atoms with Gasteiger partial charge in [0.05, 0.1) is 6.61 Å². The molecule has 1 aliphatic rings. The Balaban J connectivity index is 2.16. The number of primary sulfonamides is 1. The van der Waals surface area contributed by atoms with Gasteiger partial charge < -0.3 is 9.30 Å². The third kappa shape index (κ3) is 7.26. The first-order valence-electron chi connectivity index (χ1n) is 13.7. The Morgan fingerprint density at radius 3 is 2.05 bits per heavy atom. The maximum atomic E-state index is 13.4. The number of hydrogen-bond acceptors (Lipinski definition) is 4. The summed E-state index contributed by atoms with van der Waals surface area (Å²) in [7, 11) is -3.78. The van der Waals surface area contributed by atoms with Crippen LogP contribution in [0, 0.1) is 12.8 Å². The molecule has 6 nitrogen and oxygen atoms in total. The fraction of sp³-hybridized carbons (Fsp3) is 0.633. The van der Waals surface area contributed by atoms with E-state index in [1.165, 1.54) is 43.2 Å². The quantitative estimate of drug-likeness (QED) is 0.459. The first-order chi connectivity index (χ1) is 17.1. The smallest absolute Gasteiger partial charge is 0.362 e. The Morgan fingerprint density at radius 2 is 1.54 bits per heavy atom. The Morgan fingerprint density at radius 1 is 0.973 bits per heavy atom. The Bertz CT molecular complexity index is 1180. The van der Waals surface area contributed by atoms with Gasteiger partial charge in [0.25, 0.3) is 0 Å². The number of quaternary nitrogens is 1. The second-order valence-electron chi connectivity index (χ2n) is 12.6. The van der Waals surface area contributed by atoms with Crippen molar-refractivity contribution in [3.8, 4) is 11.3 Å². The molecule has 0 bridgehead atoms. The summed E-state index contributed by atoms with van der Waals surface area (Å²) in [6.07, 6.45) is 6.07. The minimum Gasteiger partial charge on any atom is -0.462 e. The van der Waals surface area contributed by atoms with Gasteiger partial charge in [0.1, 0.15) is 4.90 Å². The number of carbonyl (C=O) groups excluding carboxylic acids is 1. The molecule has 0 unspecified atom stereocenters. The van der Waals surface area contributed by atoms with Crippen LogP contribution >= 0.6 is 0 Å². The number of sulfonamides is 1. The van der Waals surface area contributed by atoms with Crippen molar-refractivity contribution < 1.29 is 22.7 Å². The Hall–Kier alpha value is -2.12. The molecule has 2 N–H and O–H groups in total. The first-order valence-corrected chi connectivity index (χ1v) is 15.3. The number of nitrogens with two attached hydrogens (primary N) is 1. The highest BCUT2D eigenvalue weighted by Gasteiger charge is 2.30. The number of ether oxygens (including phenoxy) is 1. The van der Waals surface area contributed by atoms with E-state index in [0.717, 1.165) is 28.2 Å². The highest BCUT2D eigenvalue weighted by molar-refractivity contribution is 7.84. The van der Waals surface area contributed by atoms with Gasteiger partial charge in [-0.15, -0.1) is 0 Å². The standard InChI is InChI=1S/C30H46N2O4S/c1-9-36-28(33)19-31-37(34,35)27-18-26(32(21(27)2)20-22-13-11-10-12-14-22)23-15-24(29(3,4)5)17-25(16-23)30(6,7)8/h15-18,22,31H,9-14,19-20H2,1-8H3/p+1. The van der Waals surface area contributed by atoms with Gasteiger partial charge >= 0.3 is 16.0 Å². The van der Waals surface area contributed by atoms with Crippen LogP contribution in [0.4, 0.5) is 0 Å². The summed E-state index contributed by atoms with van der Waals surface area (Å²) in [5.41, 5.74) is 5.08. The summed E-state index contributed by atoms with van der Waals surface area (Å²) in [5.74, 6) is 0.00355. The van der Waals surface area contributed by atoms with Crippen LogP contribution < -0.4 is 4.72 Å². The zero-order valence-corrected chi connectivity index (χ0v) is 24.9. The Kier molecular flexibility index (Phi) is 9.01. The van der Waals surface area contributed by atoms with Crippen LogP contribution in [-0.4, -0.2) is 32.1 Å². The molecule has 0 radical (unpaired) electrons. The number of esters is 1. The zero-order chi connectivity index (χ0) is 27.6. The van der Waals surface area contributed by atoms with Gasteiger partial charge in [0, 0.05) is 17.9 Å². The van der Waals surface area contributed by atoms with Gasteiger partial charge in [-0.2, -0.15) is 8.42 Å². The van der Waals surface area contributed by atoms with Crippen molar-refractivity contribution in [1.29, 1.82) is 0 Å². The van der Waals surface area contributed by atoms with Gasteiger partial charge in [-0.1, -0.05) is 66.9 Å². The summed E-state index contributed by atoms with van der Waals surface area (Å²) in [6.45, 7) is 17.7. The molecule has 1 aliphatic carbocycles. The molecule has 0 atom stereocenters. The number of nitrogens with zero attached hydrogens (tertiary/aromatic N) is 1. The average Bonchev–Trinajstić information content (AvgIpc) is 3.14. The molecule has 1 aromatic heterocycles. The maximum absolute atomic E-state index is 13.4. The molecule has 2 aromatic rings. The Labute approximate surface area is 224 Å². The number of hydrogen-bond donors (Lipinski definition) is 1. The van der Waals surface area contributed by atoms with Gasteiger partial charge in [-0.3, -0.25) is 0 Å². The number of benzene rings is 1. The van der Waals surface area contributed by atoms with Crippen LogP contribution in [0.3, 0.4) is 0 Å². The van der Waals surface area contributed by atoms with E-state index in [1.54, 1.807) is 6.92 Å². The summed E-state index contributed by atoms with van der Waals surface area (Å²) in [4.78, 5) is 12.2. The average molecular weight is 532 g/mol. The predicted molar refractivity (Wildman–Crippen MR) is 149 cm³/mol. The van der Waals surface area contributed by atoms with Crippen LogP contribution in [0.1, 0.15) is 97.4 Å². The van der Waals surface area contributed by atoms with E-state index in [2.05, 4.69) is 64.3 Å². The molecule has 1 aromatic carbocycles. The van der Waals surface area contributed by atoms with Crippen molar-refractivity contribution in [3.63, 3.8) is 0 Å². The molecule has 0 spiro atoms. The van der Waals surface area contributed by atoms with Gasteiger partial charge in [-0.05, 0) is 78.3 Å². The van der Waals surface area contributed by atoms with Gasteiger partial charge in [0.15, 0.2) is 6.54 Å². The lowest BCUT2D eigenvalue weighted by Crippen LogP contribution is -2.88. The number of aromatic nitrogens is 1. The molecule has 0 saturated heterocycles. The van der Waals surface area contributed by atoms with Crippen LogP contribution in [0.15, 0.2) is 29.2 Å². The van der Waals surface area contributed by atoms with E-state index in [1.807, 2.05) is 13.0 Å². The molecular formula is C30H47N2O4S+. The fourth-order valence-corrected chi connectivity index (χ4v) is 6.47. The van der Waals surface area contributed by atoms with E-state index < -0.39 is 16.0 Å². The summed E-state index contributed by atoms with van der Waals surface area (Å²) in [5, 5.41) is 0. The second kappa shape index (κ2) is 11.3. The minimum atomic E-state index is -3.78. The third-order valence-corrected chi connectivity index (χ3v) is 9.16. The highest BCUT2D eigenvalue weighted by atomic mass is 32.2. The van der Waals surface area contributed by atoms with E-state index >= 15 is 0 Å². The maximum Gasteiger partial charge on any atom is 0.362 e. The molecular weight excluding hydrogens is 484 g/mol. The molecule has 37 heavy (non-hydrogen) atoms. The van der Waals surface area contributed by atoms with Crippen molar-refractivity contribution in [2.75, 3.05) is 13.2 Å². The summed E-state index contributed by atoms with van der Waals surface area (Å²) < 4.78 is 35.1. The lowest BCUT2D eigenvalue weighted by Gasteiger charge is -2.27. The molecule has 0 aliphatic heterocycles. The van der Waals surface area contributed by atoms with Crippen LogP contribution in [0.2, 0.25) is 0 Å². The van der Waals surface area contributed by atoms with Crippen molar-refractivity contribution in [2.24, 2.45) is 5.92 Å². The van der Waals surface area contributed by atoms with Gasteiger partial charge in [0.2, 0.25) is 0 Å². The molecule has 7 heteroatoms. The van der Waals surface area contributed by atoms with Crippen molar-refractivity contribution in [3.05, 3.63) is 41.1 Å². The van der Waals surface area contributed by atoms with Crippen LogP contribution in [-0.2, 0) is 36.9 Å². The van der Waals surface area contributed by atoms with E-state index in [9.17, 15) is 13.2 Å². The van der Waals surface area contributed by atoms with Crippen molar-refractivity contribution >= 4 is 16.0 Å². The molecule has 206 valence electrons. The molecule has 0 amide bonds. The van der Waals surface area contributed by atoms with Crippen molar-refractivity contribution in [2.45, 2.75) is 110 Å². The monoisotopic (exact) mass is 531 g/mol. The fourth-order valence-electron chi connectivity index (χ4n) is 5.14. The molecule has 1 saturated carbocycles. The lowest BCUT2D eigenvalue weighted by atomic mass is 9.79. The van der Waals surface area contributed by atoms with Crippen molar-refractivity contribution in [1.82, 2.24) is 4.57 Å². The zero-order valence-electron chi connectivity index (χ0n) is 24.1.